The number of hydrogen-bond donors (Lipinski definition) is 1. The second-order valence-electron chi connectivity index (χ2n) is 2.20. The summed E-state index contributed by atoms with van der Waals surface area (Å²) in [5.74, 6) is -0.475. The average Bonchev–Trinajstić information content (AvgIpc) is 2.06. The SMILES string of the molecule is O=[SH](=O)Cc1ncc(OC(F)F)cn1. The number of ether oxygens (including phenoxy) is 1. The van der Waals surface area contributed by atoms with Gasteiger partial charge < -0.3 is 4.74 Å². The lowest BCUT2D eigenvalue weighted by Gasteiger charge is -2.02. The zero-order valence-corrected chi connectivity index (χ0v) is 7.66. The highest BCUT2D eigenvalue weighted by molar-refractivity contribution is 7.71. The van der Waals surface area contributed by atoms with Crippen molar-refractivity contribution in [1.82, 2.24) is 9.97 Å². The summed E-state index contributed by atoms with van der Waals surface area (Å²) >= 11 is 0. The Hall–Kier alpha value is -1.31. The predicted molar refractivity (Wildman–Crippen MR) is 42.7 cm³/mol. The maximum absolute atomic E-state index is 11.7. The molecule has 78 valence electrons. The fourth-order valence-corrected chi connectivity index (χ4v) is 1.10. The number of halogens is 2. The molecule has 0 N–H and O–H groups in total. The quantitative estimate of drug-likeness (QED) is 0.739. The minimum absolute atomic E-state index is 0.0442. The van der Waals surface area contributed by atoms with E-state index in [-0.39, 0.29) is 17.3 Å². The van der Waals surface area contributed by atoms with Gasteiger partial charge in [-0.05, 0) is 0 Å². The van der Waals surface area contributed by atoms with Crippen LogP contribution in [0.15, 0.2) is 12.4 Å². The van der Waals surface area contributed by atoms with Gasteiger partial charge in [0.25, 0.3) is 0 Å². The van der Waals surface area contributed by atoms with E-state index in [1.165, 1.54) is 0 Å². The van der Waals surface area contributed by atoms with Gasteiger partial charge >= 0.3 is 6.61 Å². The number of aromatic nitrogens is 2. The predicted octanol–water partition coefficient (Wildman–Crippen LogP) is 0.189. The van der Waals surface area contributed by atoms with E-state index in [9.17, 15) is 17.2 Å². The van der Waals surface area contributed by atoms with Crippen molar-refractivity contribution in [3.63, 3.8) is 0 Å². The van der Waals surface area contributed by atoms with Crippen molar-refractivity contribution >= 4 is 10.7 Å². The van der Waals surface area contributed by atoms with Crippen molar-refractivity contribution in [2.45, 2.75) is 12.4 Å². The first-order chi connectivity index (χ1) is 6.58. The Kier molecular flexibility index (Phi) is 3.69. The molecule has 0 spiro atoms. The monoisotopic (exact) mass is 224 g/mol. The van der Waals surface area contributed by atoms with E-state index in [4.69, 9.17) is 0 Å². The Balaban J connectivity index is 2.68. The summed E-state index contributed by atoms with van der Waals surface area (Å²) in [4.78, 5) is 7.04. The first-order valence-electron chi connectivity index (χ1n) is 3.45. The lowest BCUT2D eigenvalue weighted by Crippen LogP contribution is -2.04. The van der Waals surface area contributed by atoms with E-state index >= 15 is 0 Å². The highest BCUT2D eigenvalue weighted by Gasteiger charge is 2.05. The molecule has 0 atom stereocenters. The Morgan fingerprint density at radius 2 is 1.93 bits per heavy atom. The molecule has 0 unspecified atom stereocenters. The second-order valence-corrected chi connectivity index (χ2v) is 3.19. The number of rotatable bonds is 4. The molecule has 1 heterocycles. The first kappa shape index (κ1) is 10.8. The topological polar surface area (TPSA) is 69.2 Å². The largest absolute Gasteiger partial charge is 0.432 e. The molecular weight excluding hydrogens is 218 g/mol. The van der Waals surface area contributed by atoms with Gasteiger partial charge in [0, 0.05) is 0 Å². The Morgan fingerprint density at radius 3 is 2.36 bits per heavy atom. The maximum atomic E-state index is 11.7. The van der Waals surface area contributed by atoms with Crippen LogP contribution in [0.5, 0.6) is 5.75 Å². The van der Waals surface area contributed by atoms with Gasteiger partial charge in [-0.3, -0.25) is 0 Å². The number of nitrogens with zero attached hydrogens (tertiary/aromatic N) is 2. The van der Waals surface area contributed by atoms with Crippen molar-refractivity contribution in [2.24, 2.45) is 0 Å². The van der Waals surface area contributed by atoms with E-state index in [1.54, 1.807) is 0 Å². The fourth-order valence-electron chi connectivity index (χ4n) is 0.704. The maximum Gasteiger partial charge on any atom is 0.387 e. The summed E-state index contributed by atoms with van der Waals surface area (Å²) in [6, 6.07) is 0. The zero-order chi connectivity index (χ0) is 10.6. The first-order valence-corrected chi connectivity index (χ1v) is 4.81. The van der Waals surface area contributed by atoms with E-state index in [2.05, 4.69) is 14.7 Å². The molecule has 0 radical (unpaired) electrons. The molecule has 1 rings (SSSR count). The smallest absolute Gasteiger partial charge is 0.387 e. The van der Waals surface area contributed by atoms with Crippen LogP contribution in [0, 0.1) is 0 Å². The van der Waals surface area contributed by atoms with Gasteiger partial charge in [0.15, 0.2) is 5.75 Å². The Morgan fingerprint density at radius 1 is 1.36 bits per heavy atom. The molecule has 0 saturated heterocycles. The van der Waals surface area contributed by atoms with E-state index in [0.717, 1.165) is 12.4 Å². The van der Waals surface area contributed by atoms with Gasteiger partial charge in [0.1, 0.15) is 22.3 Å². The second kappa shape index (κ2) is 4.80. The van der Waals surface area contributed by atoms with Crippen molar-refractivity contribution < 1.29 is 21.9 Å². The summed E-state index contributed by atoms with van der Waals surface area (Å²) in [7, 11) is -2.62. The number of hydrogen-bond acceptors (Lipinski definition) is 5. The minimum Gasteiger partial charge on any atom is -0.432 e. The van der Waals surface area contributed by atoms with E-state index in [1.807, 2.05) is 0 Å². The number of thiol groups is 1. The van der Waals surface area contributed by atoms with Crippen LogP contribution in [0.3, 0.4) is 0 Å². The molecule has 8 heteroatoms. The van der Waals surface area contributed by atoms with Crippen LogP contribution < -0.4 is 4.74 Å². The van der Waals surface area contributed by atoms with Crippen LogP contribution in [0.25, 0.3) is 0 Å². The highest BCUT2D eigenvalue weighted by Crippen LogP contribution is 2.10. The summed E-state index contributed by atoms with van der Waals surface area (Å²) in [5.41, 5.74) is 0. The lowest BCUT2D eigenvalue weighted by atomic mass is 10.5. The molecule has 0 aliphatic heterocycles. The van der Waals surface area contributed by atoms with Gasteiger partial charge in [0.2, 0.25) is 0 Å². The van der Waals surface area contributed by atoms with Crippen LogP contribution >= 0.6 is 0 Å². The van der Waals surface area contributed by atoms with Crippen LogP contribution in [-0.4, -0.2) is 25.0 Å². The molecule has 0 aliphatic rings. The van der Waals surface area contributed by atoms with Crippen molar-refractivity contribution in [3.05, 3.63) is 18.2 Å². The Bertz CT molecular complexity index is 358. The standard InChI is InChI=1S/C6H6F2N2O3S/c7-6(8)13-4-1-9-5(10-2-4)3-14(11)12/h1-2,6,14H,3H2. The average molecular weight is 224 g/mol. The zero-order valence-electron chi connectivity index (χ0n) is 6.76. The van der Waals surface area contributed by atoms with Crippen molar-refractivity contribution in [2.75, 3.05) is 0 Å². The molecule has 0 amide bonds. The molecule has 0 bridgehead atoms. The third-order valence-electron chi connectivity index (χ3n) is 1.18. The third kappa shape index (κ3) is 3.60. The van der Waals surface area contributed by atoms with Gasteiger partial charge in [0.05, 0.1) is 12.4 Å². The van der Waals surface area contributed by atoms with Crippen LogP contribution in [0.4, 0.5) is 8.78 Å². The molecule has 5 nitrogen and oxygen atoms in total. The van der Waals surface area contributed by atoms with E-state index < -0.39 is 17.3 Å². The van der Waals surface area contributed by atoms with Crippen molar-refractivity contribution in [3.8, 4) is 5.75 Å². The van der Waals surface area contributed by atoms with E-state index in [0.29, 0.717) is 0 Å². The summed E-state index contributed by atoms with van der Waals surface area (Å²) in [5, 5.41) is 0. The molecule has 0 aliphatic carbocycles. The Labute approximate surface area is 79.7 Å². The van der Waals surface area contributed by atoms with Crippen molar-refractivity contribution in [1.29, 1.82) is 0 Å². The van der Waals surface area contributed by atoms with Gasteiger partial charge in [-0.2, -0.15) is 8.78 Å². The molecular formula is C6H6F2N2O3S. The molecule has 1 aromatic heterocycles. The summed E-state index contributed by atoms with van der Waals surface area (Å²) in [6.07, 6.45) is 1.99. The third-order valence-corrected chi connectivity index (χ3v) is 1.72. The van der Waals surface area contributed by atoms with Crippen LogP contribution in [0.1, 0.15) is 5.82 Å². The molecule has 1 aromatic rings. The fraction of sp³-hybridized carbons (Fsp3) is 0.333. The minimum atomic E-state index is -2.94. The van der Waals surface area contributed by atoms with Gasteiger partial charge in [-0.25, -0.2) is 18.4 Å². The van der Waals surface area contributed by atoms with Crippen LogP contribution in [-0.2, 0) is 16.5 Å². The molecule has 0 aromatic carbocycles. The molecule has 14 heavy (non-hydrogen) atoms. The van der Waals surface area contributed by atoms with Gasteiger partial charge in [-0.15, -0.1) is 0 Å². The van der Waals surface area contributed by atoms with Gasteiger partial charge in [-0.1, -0.05) is 0 Å². The summed E-state index contributed by atoms with van der Waals surface area (Å²) in [6.45, 7) is -2.94. The van der Waals surface area contributed by atoms with Crippen LogP contribution in [0.2, 0.25) is 0 Å². The number of alkyl halides is 2. The normalized spacial score (nSPS) is 10.9. The summed E-state index contributed by atoms with van der Waals surface area (Å²) < 4.78 is 47.8. The molecule has 0 fully saturated rings. The molecule has 0 saturated carbocycles. The highest BCUT2D eigenvalue weighted by atomic mass is 32.2. The lowest BCUT2D eigenvalue weighted by molar-refractivity contribution is -0.0503.